The number of benzene rings is 3. The normalized spacial score (nSPS) is 20.4. The van der Waals surface area contributed by atoms with E-state index < -0.39 is 0 Å². The third-order valence-corrected chi connectivity index (χ3v) is 11.6. The Balaban J connectivity index is 0.912. The summed E-state index contributed by atoms with van der Waals surface area (Å²) in [5.74, 6) is 2.02. The standard InChI is InChI=1S/C46H53N9O2/c1-4-48-42(35-11-6-5-7-12-35)46(57)55-26-10-15-40(55)44-50-29-38(53-44)34-22-18-32(19-23-34)31-16-20-33(21-17-31)37-28-49-43(52-37)39-14-9-25-54(39)45(56)41(30(2)3)51-36-13-8-24-47-27-36/h5-8,11-13,16-24,28-30,36,39-42,48,51H,4,9-10,14-15,25-27H2,1-3H3,(H,49,52)(H,50,53)/t36?,39-,40-,41-,42+/m0/s1. The van der Waals surface area contributed by atoms with Crippen molar-refractivity contribution < 1.29 is 9.59 Å². The van der Waals surface area contributed by atoms with Gasteiger partial charge in [-0.05, 0) is 72.0 Å². The highest BCUT2D eigenvalue weighted by Crippen LogP contribution is 2.36. The third-order valence-electron chi connectivity index (χ3n) is 11.6. The highest BCUT2D eigenvalue weighted by Gasteiger charge is 2.38. The average molecular weight is 764 g/mol. The van der Waals surface area contributed by atoms with Gasteiger partial charge in [0.25, 0.3) is 0 Å². The van der Waals surface area contributed by atoms with Crippen molar-refractivity contribution in [2.24, 2.45) is 10.9 Å². The molecule has 2 saturated heterocycles. The van der Waals surface area contributed by atoms with Gasteiger partial charge in [-0.3, -0.25) is 19.9 Å². The number of nitrogens with one attached hydrogen (secondary N) is 4. The number of H-pyrrole nitrogens is 2. The number of hydrogen-bond donors (Lipinski definition) is 4. The second-order valence-electron chi connectivity index (χ2n) is 15.7. The van der Waals surface area contributed by atoms with E-state index in [1.165, 1.54) is 0 Å². The summed E-state index contributed by atoms with van der Waals surface area (Å²) in [5, 5.41) is 6.95. The van der Waals surface area contributed by atoms with Crippen LogP contribution >= 0.6 is 0 Å². The van der Waals surface area contributed by atoms with Gasteiger partial charge >= 0.3 is 0 Å². The number of amides is 2. The Morgan fingerprint density at radius 2 is 1.30 bits per heavy atom. The molecule has 0 saturated carbocycles. The van der Waals surface area contributed by atoms with Gasteiger partial charge in [0.05, 0.1) is 48.5 Å². The number of dihydropyridines is 1. The number of likely N-dealkylation sites (tertiary alicyclic amines) is 2. The predicted octanol–water partition coefficient (Wildman–Crippen LogP) is 7.44. The number of nitrogens with zero attached hydrogens (tertiary/aromatic N) is 5. The van der Waals surface area contributed by atoms with E-state index in [1.807, 2.05) is 71.7 Å². The first-order chi connectivity index (χ1) is 27.9. The molecule has 2 amide bonds. The molecule has 5 atom stereocenters. The van der Waals surface area contributed by atoms with Crippen molar-refractivity contribution in [3.63, 3.8) is 0 Å². The monoisotopic (exact) mass is 763 g/mol. The Kier molecular flexibility index (Phi) is 11.6. The van der Waals surface area contributed by atoms with Crippen molar-refractivity contribution >= 4 is 18.0 Å². The van der Waals surface area contributed by atoms with Crippen molar-refractivity contribution in [1.82, 2.24) is 40.4 Å². The Morgan fingerprint density at radius 3 is 1.81 bits per heavy atom. The van der Waals surface area contributed by atoms with Crippen LogP contribution in [0.15, 0.2) is 108 Å². The SMILES string of the molecule is CCN[C@@H](C(=O)N1CCC[C@H]1c1ncc(-c2ccc(-c3ccc(-c4cnc([C@@H]5CCCN5C(=O)[C@@H](NC5C=CC=NC5)C(C)C)[nH]4)cc3)cc2)[nH]1)c1ccccc1. The zero-order chi connectivity index (χ0) is 39.3. The fourth-order valence-electron chi connectivity index (χ4n) is 8.53. The van der Waals surface area contributed by atoms with Gasteiger partial charge in [0.2, 0.25) is 11.8 Å². The molecular weight excluding hydrogens is 711 g/mol. The molecule has 8 rings (SSSR count). The van der Waals surface area contributed by atoms with Crippen LogP contribution in [-0.4, -0.2) is 86.0 Å². The molecule has 5 aromatic rings. The number of aromatic amines is 2. The summed E-state index contributed by atoms with van der Waals surface area (Å²) in [7, 11) is 0. The molecule has 0 radical (unpaired) electrons. The highest BCUT2D eigenvalue weighted by molar-refractivity contribution is 5.84. The van der Waals surface area contributed by atoms with Gasteiger partial charge in [0.15, 0.2) is 0 Å². The van der Waals surface area contributed by atoms with Gasteiger partial charge in [-0.25, -0.2) is 9.97 Å². The van der Waals surface area contributed by atoms with Gasteiger partial charge < -0.3 is 25.1 Å². The molecule has 2 fully saturated rings. The lowest BCUT2D eigenvalue weighted by molar-refractivity contribution is -0.136. The number of carbonyl (C=O) groups excluding carboxylic acids is 2. The van der Waals surface area contributed by atoms with Crippen LogP contribution in [0, 0.1) is 5.92 Å². The number of hydrogen-bond acceptors (Lipinski definition) is 7. The van der Waals surface area contributed by atoms with E-state index in [0.29, 0.717) is 13.1 Å². The predicted molar refractivity (Wildman–Crippen MR) is 225 cm³/mol. The molecule has 57 heavy (non-hydrogen) atoms. The molecule has 11 heteroatoms. The lowest BCUT2D eigenvalue weighted by atomic mass is 10.0. The quantitative estimate of drug-likeness (QED) is 0.0986. The Labute approximate surface area is 335 Å². The molecule has 5 heterocycles. The van der Waals surface area contributed by atoms with E-state index in [4.69, 9.17) is 9.97 Å². The highest BCUT2D eigenvalue weighted by atomic mass is 16.2. The zero-order valence-corrected chi connectivity index (χ0v) is 33.1. The first-order valence-electron chi connectivity index (χ1n) is 20.5. The first-order valence-corrected chi connectivity index (χ1v) is 20.5. The number of aromatic nitrogens is 4. The molecule has 0 spiro atoms. The van der Waals surface area contributed by atoms with Crippen LogP contribution in [0.4, 0.5) is 0 Å². The molecule has 4 N–H and O–H groups in total. The van der Waals surface area contributed by atoms with Crippen molar-refractivity contribution in [3.05, 3.63) is 121 Å². The van der Waals surface area contributed by atoms with Crippen LogP contribution in [0.1, 0.15) is 81.8 Å². The first kappa shape index (κ1) is 38.2. The van der Waals surface area contributed by atoms with Crippen molar-refractivity contribution in [1.29, 1.82) is 0 Å². The second kappa shape index (κ2) is 17.2. The molecule has 1 unspecified atom stereocenters. The fourth-order valence-corrected chi connectivity index (χ4v) is 8.53. The number of imidazole rings is 2. The molecule has 0 bridgehead atoms. The summed E-state index contributed by atoms with van der Waals surface area (Å²) in [4.78, 5) is 52.8. The second-order valence-corrected chi connectivity index (χ2v) is 15.7. The van der Waals surface area contributed by atoms with Gasteiger partial charge in [0.1, 0.15) is 17.7 Å². The third kappa shape index (κ3) is 8.26. The number of carbonyl (C=O) groups is 2. The van der Waals surface area contributed by atoms with Gasteiger partial charge in [-0.1, -0.05) is 106 Å². The van der Waals surface area contributed by atoms with Crippen molar-refractivity contribution in [3.8, 4) is 33.6 Å². The lowest BCUT2D eigenvalue weighted by Crippen LogP contribution is -2.52. The van der Waals surface area contributed by atoms with Gasteiger partial charge in [-0.2, -0.15) is 0 Å². The maximum atomic E-state index is 13.9. The smallest absolute Gasteiger partial charge is 0.244 e. The average Bonchev–Trinajstić information content (AvgIpc) is 4.10. The minimum atomic E-state index is -0.379. The van der Waals surface area contributed by atoms with Crippen LogP contribution < -0.4 is 10.6 Å². The van der Waals surface area contributed by atoms with E-state index in [2.05, 4.69) is 94.0 Å². The number of rotatable bonds is 13. The van der Waals surface area contributed by atoms with E-state index in [0.717, 1.165) is 89.6 Å². The number of aliphatic imine (C=N–C) groups is 1. The molecule has 0 aliphatic carbocycles. The van der Waals surface area contributed by atoms with Gasteiger partial charge in [0, 0.05) is 25.3 Å². The van der Waals surface area contributed by atoms with Crippen LogP contribution in [0.2, 0.25) is 0 Å². The molecule has 11 nitrogen and oxygen atoms in total. The van der Waals surface area contributed by atoms with Crippen LogP contribution in [0.5, 0.6) is 0 Å². The van der Waals surface area contributed by atoms with Crippen molar-refractivity contribution in [2.75, 3.05) is 26.2 Å². The summed E-state index contributed by atoms with van der Waals surface area (Å²) < 4.78 is 0. The molecule has 3 aromatic carbocycles. The van der Waals surface area contributed by atoms with Gasteiger partial charge in [-0.15, -0.1) is 0 Å². The van der Waals surface area contributed by atoms with Crippen LogP contribution in [0.3, 0.4) is 0 Å². The largest absolute Gasteiger partial charge is 0.340 e. The minimum Gasteiger partial charge on any atom is -0.340 e. The number of allylic oxidation sites excluding steroid dienone is 1. The summed E-state index contributed by atoms with van der Waals surface area (Å²) in [5.41, 5.74) is 7.16. The molecular formula is C46H53N9O2. The molecule has 294 valence electrons. The zero-order valence-electron chi connectivity index (χ0n) is 33.1. The Bertz CT molecular complexity index is 2190. The van der Waals surface area contributed by atoms with E-state index >= 15 is 0 Å². The van der Waals surface area contributed by atoms with E-state index in [-0.39, 0.29) is 47.9 Å². The maximum Gasteiger partial charge on any atom is 0.244 e. The Morgan fingerprint density at radius 1 is 0.754 bits per heavy atom. The summed E-state index contributed by atoms with van der Waals surface area (Å²) in [6.07, 6.45) is 13.2. The number of likely N-dealkylation sites (N-methyl/N-ethyl adjacent to an activating group) is 1. The minimum absolute atomic E-state index is 0.0583. The maximum absolute atomic E-state index is 13.9. The van der Waals surface area contributed by atoms with Crippen LogP contribution in [-0.2, 0) is 9.59 Å². The summed E-state index contributed by atoms with van der Waals surface area (Å²) >= 11 is 0. The lowest BCUT2D eigenvalue weighted by Gasteiger charge is -2.32. The van der Waals surface area contributed by atoms with Crippen molar-refractivity contribution in [2.45, 2.75) is 76.7 Å². The van der Waals surface area contributed by atoms with E-state index in [1.54, 1.807) is 0 Å². The molecule has 3 aliphatic heterocycles. The topological polar surface area (TPSA) is 134 Å². The van der Waals surface area contributed by atoms with Crippen LogP contribution in [0.25, 0.3) is 33.6 Å². The molecule has 3 aliphatic rings. The fraction of sp³-hybridized carbons (Fsp3) is 0.370. The van der Waals surface area contributed by atoms with E-state index in [9.17, 15) is 9.59 Å². The Hall–Kier alpha value is -5.65. The molecule has 2 aromatic heterocycles. The summed E-state index contributed by atoms with van der Waals surface area (Å²) in [6.45, 7) is 9.02. The summed E-state index contributed by atoms with van der Waals surface area (Å²) in [6, 6.07) is 26.2.